The van der Waals surface area contributed by atoms with E-state index in [-0.39, 0.29) is 18.4 Å². The minimum Gasteiger partial charge on any atom is -0.483 e. The molecule has 2 aromatic carbocycles. The van der Waals surface area contributed by atoms with Gasteiger partial charge in [0.2, 0.25) is 0 Å². The monoisotopic (exact) mass is 371 g/mol. The number of nitrogens with zero attached hydrogens (tertiary/aromatic N) is 2. The van der Waals surface area contributed by atoms with Gasteiger partial charge in [-0.3, -0.25) is 4.79 Å². The first kappa shape index (κ1) is 17.9. The van der Waals surface area contributed by atoms with Crippen molar-refractivity contribution in [3.63, 3.8) is 0 Å². The fourth-order valence-corrected chi connectivity index (χ4v) is 2.44. The highest BCUT2D eigenvalue weighted by atomic mass is 35.5. The summed E-state index contributed by atoms with van der Waals surface area (Å²) in [5, 5.41) is 7.24. The molecule has 1 amide bonds. The molecule has 6 nitrogen and oxygen atoms in total. The van der Waals surface area contributed by atoms with E-state index < -0.39 is 0 Å². The number of hydrogen-bond donors (Lipinski definition) is 1. The fraction of sp³-hybridized carbons (Fsp3) is 0.211. The highest BCUT2D eigenvalue weighted by molar-refractivity contribution is 6.30. The minimum atomic E-state index is -0.296. The number of nitrogens with one attached hydrogen (secondary N) is 1. The number of para-hydroxylation sites is 1. The summed E-state index contributed by atoms with van der Waals surface area (Å²) in [7, 11) is 0. The molecule has 0 aliphatic carbocycles. The normalized spacial score (nSPS) is 10.8. The largest absolute Gasteiger partial charge is 0.483 e. The van der Waals surface area contributed by atoms with Gasteiger partial charge in [0.25, 0.3) is 11.8 Å². The van der Waals surface area contributed by atoms with Gasteiger partial charge in [-0.1, -0.05) is 48.8 Å². The predicted molar refractivity (Wildman–Crippen MR) is 99.4 cm³/mol. The average molecular weight is 372 g/mol. The summed E-state index contributed by atoms with van der Waals surface area (Å²) >= 11 is 5.91. The number of carbonyl (C=O) groups excluding carboxylic acids is 1. The minimum absolute atomic E-state index is 0.157. The number of amides is 1. The van der Waals surface area contributed by atoms with E-state index >= 15 is 0 Å². The summed E-state index contributed by atoms with van der Waals surface area (Å²) in [5.74, 6) is 1.33. The van der Waals surface area contributed by atoms with Crippen LogP contribution in [-0.4, -0.2) is 22.7 Å². The molecule has 0 aliphatic heterocycles. The van der Waals surface area contributed by atoms with Gasteiger partial charge >= 0.3 is 0 Å². The summed E-state index contributed by atoms with van der Waals surface area (Å²) in [6, 6.07) is 14.1. The molecule has 0 radical (unpaired) electrons. The third-order valence-corrected chi connectivity index (χ3v) is 3.78. The van der Waals surface area contributed by atoms with Gasteiger partial charge in [0.1, 0.15) is 5.75 Å². The Morgan fingerprint density at radius 2 is 2.04 bits per heavy atom. The number of halogens is 1. The maximum atomic E-state index is 12.1. The van der Waals surface area contributed by atoms with E-state index in [9.17, 15) is 4.79 Å². The highest BCUT2D eigenvalue weighted by Crippen LogP contribution is 2.29. The van der Waals surface area contributed by atoms with Crippen LogP contribution in [0.1, 0.15) is 25.6 Å². The van der Waals surface area contributed by atoms with Gasteiger partial charge in [-0.05, 0) is 30.3 Å². The van der Waals surface area contributed by atoms with Crippen LogP contribution in [0.5, 0.6) is 5.75 Å². The molecule has 0 spiro atoms. The molecule has 7 heteroatoms. The fourth-order valence-electron chi connectivity index (χ4n) is 2.25. The van der Waals surface area contributed by atoms with Crippen LogP contribution in [0.15, 0.2) is 53.1 Å². The van der Waals surface area contributed by atoms with E-state index in [2.05, 4.69) is 15.5 Å². The van der Waals surface area contributed by atoms with Crippen LogP contribution in [0.3, 0.4) is 0 Å². The van der Waals surface area contributed by atoms with Crippen LogP contribution in [0, 0.1) is 0 Å². The number of anilines is 1. The molecule has 0 fully saturated rings. The lowest BCUT2D eigenvalue weighted by Gasteiger charge is -2.10. The standard InChI is InChI=1S/C19H18ClN3O3/c1-12(2)18-22-19(26-23-18)15-8-3-4-9-16(15)25-11-17(24)21-14-7-5-6-13(20)10-14/h3-10,12H,11H2,1-2H3,(H,21,24). The molecule has 0 aliphatic rings. The van der Waals surface area contributed by atoms with Crippen LogP contribution in [0.4, 0.5) is 5.69 Å². The Balaban J connectivity index is 1.69. The van der Waals surface area contributed by atoms with Crippen molar-refractivity contribution in [3.8, 4) is 17.2 Å². The molecule has 26 heavy (non-hydrogen) atoms. The molecule has 3 aromatic rings. The van der Waals surface area contributed by atoms with E-state index in [0.29, 0.717) is 33.7 Å². The number of hydrogen-bond acceptors (Lipinski definition) is 5. The van der Waals surface area contributed by atoms with Crippen molar-refractivity contribution < 1.29 is 14.1 Å². The maximum Gasteiger partial charge on any atom is 0.262 e. The van der Waals surface area contributed by atoms with E-state index in [1.807, 2.05) is 32.0 Å². The molecule has 0 bridgehead atoms. The molecule has 3 rings (SSSR count). The third kappa shape index (κ3) is 4.40. The Morgan fingerprint density at radius 3 is 2.77 bits per heavy atom. The van der Waals surface area contributed by atoms with E-state index in [1.165, 1.54) is 0 Å². The van der Waals surface area contributed by atoms with E-state index in [4.69, 9.17) is 20.9 Å². The number of ether oxygens (including phenoxy) is 1. The zero-order chi connectivity index (χ0) is 18.5. The van der Waals surface area contributed by atoms with Crippen molar-refractivity contribution in [1.82, 2.24) is 10.1 Å². The number of aromatic nitrogens is 2. The first-order valence-corrected chi connectivity index (χ1v) is 8.52. The Labute approximate surface area is 156 Å². The van der Waals surface area contributed by atoms with Crippen molar-refractivity contribution in [2.45, 2.75) is 19.8 Å². The molecular formula is C19H18ClN3O3. The molecule has 0 atom stereocenters. The SMILES string of the molecule is CC(C)c1noc(-c2ccccc2OCC(=O)Nc2cccc(Cl)c2)n1. The molecule has 0 saturated heterocycles. The lowest BCUT2D eigenvalue weighted by Crippen LogP contribution is -2.20. The number of carbonyl (C=O) groups is 1. The van der Waals surface area contributed by atoms with Gasteiger partial charge in [0.05, 0.1) is 5.56 Å². The van der Waals surface area contributed by atoms with Gasteiger partial charge in [-0.15, -0.1) is 0 Å². The van der Waals surface area contributed by atoms with Crippen LogP contribution >= 0.6 is 11.6 Å². The van der Waals surface area contributed by atoms with Crippen molar-refractivity contribution in [3.05, 3.63) is 59.4 Å². The zero-order valence-electron chi connectivity index (χ0n) is 14.4. The van der Waals surface area contributed by atoms with Crippen molar-refractivity contribution in [2.24, 2.45) is 0 Å². The molecule has 0 unspecified atom stereocenters. The second-order valence-electron chi connectivity index (χ2n) is 5.96. The third-order valence-electron chi connectivity index (χ3n) is 3.54. The smallest absolute Gasteiger partial charge is 0.262 e. The zero-order valence-corrected chi connectivity index (χ0v) is 15.2. The van der Waals surface area contributed by atoms with Gasteiger partial charge in [0.15, 0.2) is 12.4 Å². The molecule has 134 valence electrons. The molecule has 1 N–H and O–H groups in total. The van der Waals surface area contributed by atoms with Gasteiger partial charge in [-0.25, -0.2) is 0 Å². The Morgan fingerprint density at radius 1 is 1.23 bits per heavy atom. The summed E-state index contributed by atoms with van der Waals surface area (Å²) in [6.07, 6.45) is 0. The maximum absolute atomic E-state index is 12.1. The van der Waals surface area contributed by atoms with Crippen LogP contribution in [0.25, 0.3) is 11.5 Å². The Hall–Kier alpha value is -2.86. The quantitative estimate of drug-likeness (QED) is 0.688. The lowest BCUT2D eigenvalue weighted by molar-refractivity contribution is -0.118. The Kier molecular flexibility index (Phi) is 5.53. The molecule has 0 saturated carbocycles. The van der Waals surface area contributed by atoms with Crippen molar-refractivity contribution >= 4 is 23.2 Å². The number of benzene rings is 2. The lowest BCUT2D eigenvalue weighted by atomic mass is 10.2. The summed E-state index contributed by atoms with van der Waals surface area (Å²) in [4.78, 5) is 16.5. The van der Waals surface area contributed by atoms with Gasteiger partial charge < -0.3 is 14.6 Å². The average Bonchev–Trinajstić information content (AvgIpc) is 3.10. The molecule has 1 aromatic heterocycles. The molecular weight excluding hydrogens is 354 g/mol. The summed E-state index contributed by atoms with van der Waals surface area (Å²) < 4.78 is 11.0. The van der Waals surface area contributed by atoms with Gasteiger partial charge in [0, 0.05) is 16.6 Å². The summed E-state index contributed by atoms with van der Waals surface area (Å²) in [6.45, 7) is 3.81. The van der Waals surface area contributed by atoms with Crippen LogP contribution in [-0.2, 0) is 4.79 Å². The first-order chi connectivity index (χ1) is 12.5. The topological polar surface area (TPSA) is 77.2 Å². The summed E-state index contributed by atoms with van der Waals surface area (Å²) in [5.41, 5.74) is 1.25. The predicted octanol–water partition coefficient (Wildman–Crippen LogP) is 4.53. The second kappa shape index (κ2) is 8.01. The van der Waals surface area contributed by atoms with Crippen molar-refractivity contribution in [1.29, 1.82) is 0 Å². The number of rotatable bonds is 6. The van der Waals surface area contributed by atoms with Crippen LogP contribution in [0.2, 0.25) is 5.02 Å². The van der Waals surface area contributed by atoms with Crippen molar-refractivity contribution in [2.75, 3.05) is 11.9 Å². The van der Waals surface area contributed by atoms with Crippen LogP contribution < -0.4 is 10.1 Å². The van der Waals surface area contributed by atoms with E-state index in [1.54, 1.807) is 30.3 Å². The van der Waals surface area contributed by atoms with E-state index in [0.717, 1.165) is 0 Å². The van der Waals surface area contributed by atoms with Gasteiger partial charge in [-0.2, -0.15) is 4.98 Å². The molecule has 1 heterocycles. The highest BCUT2D eigenvalue weighted by Gasteiger charge is 2.16. The second-order valence-corrected chi connectivity index (χ2v) is 6.39. The first-order valence-electron chi connectivity index (χ1n) is 8.14. The Bertz CT molecular complexity index is 908.